The first-order valence-electron chi connectivity index (χ1n) is 9.00. The fourth-order valence-electron chi connectivity index (χ4n) is 2.78. The lowest BCUT2D eigenvalue weighted by molar-refractivity contribution is 0.0950. The minimum Gasteiger partial charge on any atom is -0.392 e. The Hall–Kier alpha value is -2.92. The zero-order chi connectivity index (χ0) is 19.4. The molecule has 3 rings (SSSR count). The van der Waals surface area contributed by atoms with Crippen molar-refractivity contribution in [3.63, 3.8) is 0 Å². The zero-order valence-corrected chi connectivity index (χ0v) is 15.9. The maximum absolute atomic E-state index is 12.4. The van der Waals surface area contributed by atoms with Crippen LogP contribution in [0.3, 0.4) is 0 Å². The molecule has 1 amide bonds. The van der Waals surface area contributed by atoms with Crippen molar-refractivity contribution in [2.75, 3.05) is 0 Å². The average molecular weight is 363 g/mol. The van der Waals surface area contributed by atoms with Crippen molar-refractivity contribution in [3.8, 4) is 11.1 Å². The normalized spacial score (nSPS) is 11.4. The summed E-state index contributed by atoms with van der Waals surface area (Å²) in [6.07, 6.45) is 0. The van der Waals surface area contributed by atoms with E-state index in [0.29, 0.717) is 12.1 Å². The number of aromatic nitrogens is 2. The van der Waals surface area contributed by atoms with Crippen molar-refractivity contribution >= 4 is 5.91 Å². The van der Waals surface area contributed by atoms with E-state index in [1.54, 1.807) is 0 Å². The Kier molecular flexibility index (Phi) is 5.42. The van der Waals surface area contributed by atoms with Crippen molar-refractivity contribution in [1.82, 2.24) is 15.5 Å². The van der Waals surface area contributed by atoms with E-state index in [2.05, 4.69) is 36.3 Å². The van der Waals surface area contributed by atoms with E-state index in [0.717, 1.165) is 28.1 Å². The summed E-state index contributed by atoms with van der Waals surface area (Å²) < 4.78 is 0. The van der Waals surface area contributed by atoms with Crippen LogP contribution in [0.1, 0.15) is 48.1 Å². The van der Waals surface area contributed by atoms with Gasteiger partial charge in [-0.1, -0.05) is 51.1 Å². The van der Waals surface area contributed by atoms with Crippen molar-refractivity contribution in [1.29, 1.82) is 0 Å². The van der Waals surface area contributed by atoms with Crippen LogP contribution in [-0.4, -0.2) is 21.2 Å². The lowest BCUT2D eigenvalue weighted by Gasteiger charge is -2.13. The van der Waals surface area contributed by atoms with Gasteiger partial charge in [-0.2, -0.15) is 5.10 Å². The van der Waals surface area contributed by atoms with Gasteiger partial charge in [0.15, 0.2) is 0 Å². The number of nitrogens with zero attached hydrogens (tertiary/aromatic N) is 1. The van der Waals surface area contributed by atoms with Gasteiger partial charge < -0.3 is 10.4 Å². The number of nitrogens with one attached hydrogen (secondary N) is 2. The molecule has 27 heavy (non-hydrogen) atoms. The Balaban J connectivity index is 1.64. The molecule has 1 aromatic heterocycles. The number of amides is 1. The van der Waals surface area contributed by atoms with Crippen LogP contribution >= 0.6 is 0 Å². The minimum atomic E-state index is -0.127. The van der Waals surface area contributed by atoms with Gasteiger partial charge >= 0.3 is 0 Å². The van der Waals surface area contributed by atoms with E-state index in [4.69, 9.17) is 0 Å². The third kappa shape index (κ3) is 4.63. The summed E-state index contributed by atoms with van der Waals surface area (Å²) in [4.78, 5) is 12.4. The van der Waals surface area contributed by atoms with Gasteiger partial charge in [0.2, 0.25) is 0 Å². The van der Waals surface area contributed by atoms with Crippen molar-refractivity contribution in [3.05, 3.63) is 77.1 Å². The molecule has 0 radical (unpaired) electrons. The predicted octanol–water partition coefficient (Wildman–Crippen LogP) is 3.80. The topological polar surface area (TPSA) is 78.0 Å². The Morgan fingerprint density at radius 2 is 1.81 bits per heavy atom. The molecule has 3 aromatic rings. The number of H-pyrrole nitrogens is 1. The molecule has 0 aliphatic heterocycles. The standard InChI is InChI=1S/C22H25N3O2/c1-22(2,3)20-12-19(24-25-20)13-23-21(27)17-9-7-16(8-10-17)18-6-4-5-15(11-18)14-26/h4-12,26H,13-14H2,1-3H3,(H,23,27)(H,24,25). The second kappa shape index (κ2) is 7.76. The molecule has 0 aliphatic carbocycles. The molecular weight excluding hydrogens is 338 g/mol. The molecule has 0 bridgehead atoms. The quantitative estimate of drug-likeness (QED) is 0.645. The van der Waals surface area contributed by atoms with Crippen LogP contribution in [0, 0.1) is 0 Å². The Bertz CT molecular complexity index is 921. The fraction of sp³-hybridized carbons (Fsp3) is 0.273. The number of rotatable bonds is 5. The van der Waals surface area contributed by atoms with Crippen molar-refractivity contribution < 1.29 is 9.90 Å². The Morgan fingerprint density at radius 1 is 1.07 bits per heavy atom. The molecule has 0 fully saturated rings. The largest absolute Gasteiger partial charge is 0.392 e. The molecule has 0 saturated carbocycles. The van der Waals surface area contributed by atoms with Gasteiger partial charge in [-0.15, -0.1) is 0 Å². The van der Waals surface area contributed by atoms with E-state index >= 15 is 0 Å². The van der Waals surface area contributed by atoms with Crippen LogP contribution in [0.5, 0.6) is 0 Å². The van der Waals surface area contributed by atoms with E-state index < -0.39 is 0 Å². The van der Waals surface area contributed by atoms with Crippen LogP contribution in [-0.2, 0) is 18.6 Å². The van der Waals surface area contributed by atoms with Gasteiger partial charge in [-0.3, -0.25) is 9.89 Å². The Labute approximate surface area is 159 Å². The van der Waals surface area contributed by atoms with Gasteiger partial charge in [-0.05, 0) is 41.0 Å². The highest BCUT2D eigenvalue weighted by atomic mass is 16.3. The second-order valence-electron chi connectivity index (χ2n) is 7.65. The van der Waals surface area contributed by atoms with Gasteiger partial charge in [-0.25, -0.2) is 0 Å². The van der Waals surface area contributed by atoms with Gasteiger partial charge in [0.25, 0.3) is 5.91 Å². The number of hydrogen-bond acceptors (Lipinski definition) is 3. The summed E-state index contributed by atoms with van der Waals surface area (Å²) in [6.45, 7) is 6.72. The average Bonchev–Trinajstić information content (AvgIpc) is 3.16. The molecule has 0 saturated heterocycles. The molecule has 2 aromatic carbocycles. The van der Waals surface area contributed by atoms with E-state index in [9.17, 15) is 9.90 Å². The van der Waals surface area contributed by atoms with Crippen molar-refractivity contribution in [2.24, 2.45) is 0 Å². The van der Waals surface area contributed by atoms with Crippen LogP contribution in [0.2, 0.25) is 0 Å². The SMILES string of the molecule is CC(C)(C)c1cc(CNC(=O)c2ccc(-c3cccc(CO)c3)cc2)[nH]n1. The molecule has 0 aliphatic rings. The van der Waals surface area contributed by atoms with Crippen LogP contribution in [0.4, 0.5) is 0 Å². The van der Waals surface area contributed by atoms with Crippen LogP contribution in [0.25, 0.3) is 11.1 Å². The summed E-state index contributed by atoms with van der Waals surface area (Å²) in [5, 5.41) is 19.5. The van der Waals surface area contributed by atoms with E-state index in [-0.39, 0.29) is 17.9 Å². The summed E-state index contributed by atoms with van der Waals surface area (Å²) in [6, 6.07) is 17.2. The molecule has 3 N–H and O–H groups in total. The third-order valence-electron chi connectivity index (χ3n) is 4.43. The number of carbonyl (C=O) groups is 1. The van der Waals surface area contributed by atoms with Crippen LogP contribution in [0.15, 0.2) is 54.6 Å². The molecule has 140 valence electrons. The summed E-state index contributed by atoms with van der Waals surface area (Å²) in [7, 11) is 0. The first-order valence-corrected chi connectivity index (χ1v) is 9.00. The number of benzene rings is 2. The number of carbonyl (C=O) groups excluding carboxylic acids is 1. The molecule has 0 atom stereocenters. The molecule has 0 unspecified atom stereocenters. The Morgan fingerprint density at radius 3 is 2.44 bits per heavy atom. The number of aliphatic hydroxyl groups excluding tert-OH is 1. The second-order valence-corrected chi connectivity index (χ2v) is 7.65. The predicted molar refractivity (Wildman–Crippen MR) is 106 cm³/mol. The lowest BCUT2D eigenvalue weighted by Crippen LogP contribution is -2.22. The lowest BCUT2D eigenvalue weighted by atomic mass is 9.92. The summed E-state index contributed by atoms with van der Waals surface area (Å²) >= 11 is 0. The van der Waals surface area contributed by atoms with E-state index in [1.807, 2.05) is 54.6 Å². The molecule has 5 heteroatoms. The van der Waals surface area contributed by atoms with Crippen molar-refractivity contribution in [2.45, 2.75) is 39.3 Å². The summed E-state index contributed by atoms with van der Waals surface area (Å²) in [5.41, 5.74) is 5.32. The number of aliphatic hydroxyl groups is 1. The highest BCUT2D eigenvalue weighted by Gasteiger charge is 2.17. The number of aromatic amines is 1. The smallest absolute Gasteiger partial charge is 0.251 e. The third-order valence-corrected chi connectivity index (χ3v) is 4.43. The first-order chi connectivity index (χ1) is 12.9. The van der Waals surface area contributed by atoms with Gasteiger partial charge in [0.1, 0.15) is 0 Å². The van der Waals surface area contributed by atoms with E-state index in [1.165, 1.54) is 0 Å². The maximum atomic E-state index is 12.4. The molecule has 1 heterocycles. The fourth-order valence-corrected chi connectivity index (χ4v) is 2.78. The summed E-state index contributed by atoms with van der Waals surface area (Å²) in [5.74, 6) is -0.127. The number of hydrogen-bond donors (Lipinski definition) is 3. The highest BCUT2D eigenvalue weighted by Crippen LogP contribution is 2.22. The molecule has 5 nitrogen and oxygen atoms in total. The minimum absolute atomic E-state index is 0.0128. The van der Waals surface area contributed by atoms with Crippen LogP contribution < -0.4 is 5.32 Å². The highest BCUT2D eigenvalue weighted by molar-refractivity contribution is 5.94. The van der Waals surface area contributed by atoms with Gasteiger partial charge in [0.05, 0.1) is 24.5 Å². The molecule has 0 spiro atoms. The first kappa shape index (κ1) is 18.9. The monoisotopic (exact) mass is 363 g/mol. The maximum Gasteiger partial charge on any atom is 0.251 e. The molecular formula is C22H25N3O2. The zero-order valence-electron chi connectivity index (χ0n) is 15.9. The van der Waals surface area contributed by atoms with Gasteiger partial charge in [0, 0.05) is 11.0 Å².